The Labute approximate surface area is 141 Å². The van der Waals surface area contributed by atoms with Crippen molar-refractivity contribution in [1.29, 1.82) is 0 Å². The first-order chi connectivity index (χ1) is 11.4. The minimum absolute atomic E-state index is 0.0614. The summed E-state index contributed by atoms with van der Waals surface area (Å²) in [6.07, 6.45) is 2.35. The van der Waals surface area contributed by atoms with Crippen molar-refractivity contribution in [3.63, 3.8) is 0 Å². The number of nitrogens with zero attached hydrogens (tertiary/aromatic N) is 1. The van der Waals surface area contributed by atoms with E-state index in [9.17, 15) is 18.0 Å². The second-order valence-electron chi connectivity index (χ2n) is 6.28. The number of carbonyl (C=O) groups is 2. The third-order valence-electron chi connectivity index (χ3n) is 4.36. The van der Waals surface area contributed by atoms with Crippen molar-refractivity contribution < 1.29 is 18.0 Å². The summed E-state index contributed by atoms with van der Waals surface area (Å²) in [5.41, 5.74) is 2.23. The van der Waals surface area contributed by atoms with Gasteiger partial charge in [-0.3, -0.25) is 10.1 Å². The Hall–Kier alpha value is -2.09. The van der Waals surface area contributed by atoms with Gasteiger partial charge < -0.3 is 10.2 Å². The predicted octanol–water partition coefficient (Wildman–Crippen LogP) is 0.452. The smallest absolute Gasteiger partial charge is 0.321 e. The van der Waals surface area contributed by atoms with Crippen LogP contribution in [0.3, 0.4) is 0 Å². The van der Waals surface area contributed by atoms with Crippen LogP contribution in [-0.4, -0.2) is 51.0 Å². The average Bonchev–Trinajstić information content (AvgIpc) is 2.86. The quantitative estimate of drug-likeness (QED) is 0.824. The molecule has 24 heavy (non-hydrogen) atoms. The van der Waals surface area contributed by atoms with Crippen LogP contribution in [0.25, 0.3) is 0 Å². The van der Waals surface area contributed by atoms with Gasteiger partial charge in [0.2, 0.25) is 5.91 Å². The fourth-order valence-corrected chi connectivity index (χ4v) is 4.92. The molecule has 1 unspecified atom stereocenters. The van der Waals surface area contributed by atoms with Crippen LogP contribution in [0.5, 0.6) is 0 Å². The number of amides is 3. The van der Waals surface area contributed by atoms with Crippen LogP contribution >= 0.6 is 0 Å². The molecule has 1 aromatic rings. The first-order valence-corrected chi connectivity index (χ1v) is 9.89. The Morgan fingerprint density at radius 3 is 2.79 bits per heavy atom. The molecule has 1 aromatic carbocycles. The van der Waals surface area contributed by atoms with Crippen molar-refractivity contribution in [1.82, 2.24) is 10.6 Å². The molecule has 1 atom stereocenters. The van der Waals surface area contributed by atoms with Gasteiger partial charge in [-0.2, -0.15) is 0 Å². The van der Waals surface area contributed by atoms with E-state index in [0.29, 0.717) is 6.42 Å². The van der Waals surface area contributed by atoms with Crippen LogP contribution in [0.1, 0.15) is 18.4 Å². The van der Waals surface area contributed by atoms with Crippen LogP contribution in [0.4, 0.5) is 10.5 Å². The van der Waals surface area contributed by atoms with E-state index in [1.807, 2.05) is 29.2 Å². The summed E-state index contributed by atoms with van der Waals surface area (Å²) in [4.78, 5) is 25.9. The molecule has 2 aliphatic rings. The molecule has 2 heterocycles. The maximum atomic E-state index is 12.1. The highest BCUT2D eigenvalue weighted by Crippen LogP contribution is 2.26. The third-order valence-corrected chi connectivity index (χ3v) is 6.13. The zero-order chi connectivity index (χ0) is 17.2. The topological polar surface area (TPSA) is 95.6 Å². The van der Waals surface area contributed by atoms with Gasteiger partial charge in [-0.1, -0.05) is 18.2 Å². The SMILES string of the molecule is O=C(CN1CCCc2ccccc21)NC(=O)NC1CCS(=O)(=O)C1. The Bertz CT molecular complexity index is 747. The number of urea groups is 1. The van der Waals surface area contributed by atoms with Crippen LogP contribution < -0.4 is 15.5 Å². The second-order valence-corrected chi connectivity index (χ2v) is 8.50. The van der Waals surface area contributed by atoms with Gasteiger partial charge in [0.1, 0.15) is 0 Å². The molecule has 0 bridgehead atoms. The molecule has 0 aromatic heterocycles. The Morgan fingerprint density at radius 1 is 1.25 bits per heavy atom. The summed E-state index contributed by atoms with van der Waals surface area (Å²) < 4.78 is 22.8. The van der Waals surface area contributed by atoms with Crippen LogP contribution in [0.2, 0.25) is 0 Å². The van der Waals surface area contributed by atoms with Crippen molar-refractivity contribution in [2.75, 3.05) is 29.5 Å². The first kappa shape index (κ1) is 16.8. The number of imide groups is 1. The number of hydrogen-bond donors (Lipinski definition) is 2. The lowest BCUT2D eigenvalue weighted by Gasteiger charge is -2.30. The van der Waals surface area contributed by atoms with Gasteiger partial charge in [-0.15, -0.1) is 0 Å². The highest BCUT2D eigenvalue weighted by Gasteiger charge is 2.29. The highest BCUT2D eigenvalue weighted by atomic mass is 32.2. The van der Waals surface area contributed by atoms with Crippen molar-refractivity contribution in [2.24, 2.45) is 0 Å². The van der Waals surface area contributed by atoms with E-state index in [2.05, 4.69) is 10.6 Å². The first-order valence-electron chi connectivity index (χ1n) is 8.06. The summed E-state index contributed by atoms with van der Waals surface area (Å²) >= 11 is 0. The summed E-state index contributed by atoms with van der Waals surface area (Å²) in [7, 11) is -3.06. The van der Waals surface area contributed by atoms with Crippen molar-refractivity contribution in [2.45, 2.75) is 25.3 Å². The number of rotatable bonds is 3. The molecule has 1 fully saturated rings. The number of carbonyl (C=O) groups excluding carboxylic acids is 2. The molecule has 1 saturated heterocycles. The van der Waals surface area contributed by atoms with Crippen molar-refractivity contribution in [3.8, 4) is 0 Å². The minimum Gasteiger partial charge on any atom is -0.362 e. The molecule has 2 N–H and O–H groups in total. The number of anilines is 1. The van der Waals surface area contributed by atoms with E-state index in [1.165, 1.54) is 5.56 Å². The molecule has 0 spiro atoms. The normalized spacial score (nSPS) is 21.8. The number of nitrogens with one attached hydrogen (secondary N) is 2. The lowest BCUT2D eigenvalue weighted by Crippen LogP contribution is -2.48. The lowest BCUT2D eigenvalue weighted by molar-refractivity contribution is -0.118. The fourth-order valence-electron chi connectivity index (χ4n) is 3.25. The average molecular weight is 351 g/mol. The van der Waals surface area contributed by atoms with Crippen LogP contribution in [0.15, 0.2) is 24.3 Å². The molecule has 3 rings (SSSR count). The molecule has 0 radical (unpaired) electrons. The fraction of sp³-hybridized carbons (Fsp3) is 0.500. The highest BCUT2D eigenvalue weighted by molar-refractivity contribution is 7.91. The predicted molar refractivity (Wildman–Crippen MR) is 90.7 cm³/mol. The molecular formula is C16H21N3O4S. The number of para-hydroxylation sites is 1. The summed E-state index contributed by atoms with van der Waals surface area (Å²) in [6.45, 7) is 0.875. The third kappa shape index (κ3) is 4.05. The zero-order valence-electron chi connectivity index (χ0n) is 13.3. The molecule has 0 aliphatic carbocycles. The molecule has 7 nitrogen and oxygen atoms in total. The van der Waals surface area contributed by atoms with Gasteiger partial charge in [0.15, 0.2) is 9.84 Å². The standard InChI is InChI=1S/C16H21N3O4S/c20-15(18-16(21)17-13-7-9-24(22,23)11-13)10-19-8-3-5-12-4-1-2-6-14(12)19/h1-2,4,6,13H,3,5,7-11H2,(H2,17,18,20,21). The monoisotopic (exact) mass is 351 g/mol. The van der Waals surface area contributed by atoms with Gasteiger partial charge in [0.25, 0.3) is 0 Å². The molecule has 2 aliphatic heterocycles. The number of hydrogen-bond acceptors (Lipinski definition) is 5. The number of aryl methyl sites for hydroxylation is 1. The largest absolute Gasteiger partial charge is 0.362 e. The van der Waals surface area contributed by atoms with Gasteiger partial charge in [0.05, 0.1) is 18.1 Å². The van der Waals surface area contributed by atoms with E-state index < -0.39 is 27.8 Å². The van der Waals surface area contributed by atoms with E-state index in [-0.39, 0.29) is 18.1 Å². The van der Waals surface area contributed by atoms with E-state index >= 15 is 0 Å². The maximum Gasteiger partial charge on any atom is 0.321 e. The Morgan fingerprint density at radius 2 is 2.04 bits per heavy atom. The Kier molecular flexibility index (Phi) is 4.75. The van der Waals surface area contributed by atoms with E-state index in [0.717, 1.165) is 25.1 Å². The van der Waals surface area contributed by atoms with Gasteiger partial charge in [-0.05, 0) is 30.9 Å². The summed E-state index contributed by atoms with van der Waals surface area (Å²) in [5, 5.41) is 4.84. The lowest BCUT2D eigenvalue weighted by atomic mass is 10.0. The van der Waals surface area contributed by atoms with Gasteiger partial charge >= 0.3 is 6.03 Å². The molecule has 130 valence electrons. The summed E-state index contributed by atoms with van der Waals surface area (Å²) in [5.74, 6) is -0.380. The number of fused-ring (bicyclic) bond motifs is 1. The summed E-state index contributed by atoms with van der Waals surface area (Å²) in [6, 6.07) is 6.89. The Balaban J connectivity index is 1.52. The van der Waals surface area contributed by atoms with Crippen LogP contribution in [0, 0.1) is 0 Å². The van der Waals surface area contributed by atoms with Crippen molar-refractivity contribution in [3.05, 3.63) is 29.8 Å². The van der Waals surface area contributed by atoms with Gasteiger partial charge in [-0.25, -0.2) is 13.2 Å². The molecule has 3 amide bonds. The van der Waals surface area contributed by atoms with E-state index in [1.54, 1.807) is 0 Å². The minimum atomic E-state index is -3.06. The zero-order valence-corrected chi connectivity index (χ0v) is 14.1. The van der Waals surface area contributed by atoms with Crippen LogP contribution in [-0.2, 0) is 21.1 Å². The maximum absolute atomic E-state index is 12.1. The number of benzene rings is 1. The van der Waals surface area contributed by atoms with Gasteiger partial charge in [0, 0.05) is 18.3 Å². The second kappa shape index (κ2) is 6.80. The molecule has 8 heteroatoms. The van der Waals surface area contributed by atoms with E-state index in [4.69, 9.17) is 0 Å². The van der Waals surface area contributed by atoms with Crippen molar-refractivity contribution >= 4 is 27.5 Å². The molecular weight excluding hydrogens is 330 g/mol. The number of sulfone groups is 1. The molecule has 0 saturated carbocycles.